The first-order chi connectivity index (χ1) is 14.0. The Morgan fingerprint density at radius 2 is 1.63 bits per heavy atom. The van der Waals surface area contributed by atoms with Crippen LogP contribution in [0.2, 0.25) is 15.1 Å². The fourth-order valence-corrected chi connectivity index (χ4v) is 3.35. The highest BCUT2D eigenvalue weighted by atomic mass is 35.5. The fraction of sp³-hybridized carbons (Fsp3) is 0.100. The molecule has 10 heteroatoms. The van der Waals surface area contributed by atoms with Crippen molar-refractivity contribution in [3.05, 3.63) is 96.8 Å². The molecule has 0 unspecified atom stereocenters. The van der Waals surface area contributed by atoms with Crippen LogP contribution in [0.15, 0.2) is 59.5 Å². The van der Waals surface area contributed by atoms with E-state index in [1.54, 1.807) is 12.1 Å². The Balaban J connectivity index is 1.87. The predicted molar refractivity (Wildman–Crippen MR) is 111 cm³/mol. The molecule has 0 saturated carbocycles. The molecular formula is C20H12Cl3F3N2O2. The summed E-state index contributed by atoms with van der Waals surface area (Å²) in [7, 11) is 0. The molecule has 0 aliphatic rings. The summed E-state index contributed by atoms with van der Waals surface area (Å²) in [5, 5.41) is 3.28. The van der Waals surface area contributed by atoms with Crippen LogP contribution in [-0.4, -0.2) is 10.5 Å². The Labute approximate surface area is 183 Å². The van der Waals surface area contributed by atoms with Gasteiger partial charge in [-0.05, 0) is 48.0 Å². The van der Waals surface area contributed by atoms with E-state index in [1.165, 1.54) is 22.9 Å². The van der Waals surface area contributed by atoms with Crippen molar-refractivity contribution >= 4 is 46.4 Å². The van der Waals surface area contributed by atoms with Crippen molar-refractivity contribution in [1.82, 2.24) is 4.57 Å². The van der Waals surface area contributed by atoms with E-state index in [-0.39, 0.29) is 22.8 Å². The molecule has 0 atom stereocenters. The zero-order chi connectivity index (χ0) is 22.1. The van der Waals surface area contributed by atoms with Gasteiger partial charge in [0.15, 0.2) is 0 Å². The van der Waals surface area contributed by atoms with E-state index in [0.717, 1.165) is 24.3 Å². The first kappa shape index (κ1) is 22.2. The first-order valence-corrected chi connectivity index (χ1v) is 9.50. The molecule has 0 fully saturated rings. The Morgan fingerprint density at radius 3 is 2.23 bits per heavy atom. The third-order valence-corrected chi connectivity index (χ3v) is 4.92. The summed E-state index contributed by atoms with van der Waals surface area (Å²) < 4.78 is 39.2. The summed E-state index contributed by atoms with van der Waals surface area (Å²) in [6.45, 7) is 0.0377. The number of nitrogens with zero attached hydrogens (tertiary/aromatic N) is 1. The Kier molecular flexibility index (Phi) is 6.45. The molecular weight excluding hydrogens is 464 g/mol. The van der Waals surface area contributed by atoms with Crippen LogP contribution in [0, 0.1) is 0 Å². The third kappa shape index (κ3) is 5.16. The maximum atomic E-state index is 12.7. The van der Waals surface area contributed by atoms with Crippen LogP contribution in [0.4, 0.5) is 18.9 Å². The highest BCUT2D eigenvalue weighted by molar-refractivity contribution is 6.35. The Hall–Kier alpha value is -2.48. The highest BCUT2D eigenvalue weighted by Crippen LogP contribution is 2.30. The maximum Gasteiger partial charge on any atom is 0.416 e. The van der Waals surface area contributed by atoms with Gasteiger partial charge in [-0.15, -0.1) is 0 Å². The summed E-state index contributed by atoms with van der Waals surface area (Å²) in [6, 6.07) is 9.80. The standard InChI is InChI=1S/C20H12Cl3F3N2O2/c21-13-4-1-11(17(23)8-13)9-28-10-14(22)7-16(19(28)30)18(29)27-15-5-2-12(3-6-15)20(24,25)26/h1-8,10H,9H2,(H,27,29). The van der Waals surface area contributed by atoms with Gasteiger partial charge in [-0.3, -0.25) is 9.59 Å². The second kappa shape index (κ2) is 8.71. The topological polar surface area (TPSA) is 51.1 Å². The lowest BCUT2D eigenvalue weighted by Gasteiger charge is -2.12. The number of anilines is 1. The van der Waals surface area contributed by atoms with E-state index in [2.05, 4.69) is 5.32 Å². The second-order valence-electron chi connectivity index (χ2n) is 6.27. The number of hydrogen-bond acceptors (Lipinski definition) is 2. The van der Waals surface area contributed by atoms with E-state index in [0.29, 0.717) is 15.6 Å². The lowest BCUT2D eigenvalue weighted by Crippen LogP contribution is -2.29. The van der Waals surface area contributed by atoms with Crippen LogP contribution in [0.1, 0.15) is 21.5 Å². The molecule has 1 N–H and O–H groups in total. The number of rotatable bonds is 4. The Morgan fingerprint density at radius 1 is 0.967 bits per heavy atom. The van der Waals surface area contributed by atoms with Crippen molar-refractivity contribution in [2.24, 2.45) is 0 Å². The summed E-state index contributed by atoms with van der Waals surface area (Å²) in [5.41, 5.74) is -1.09. The number of alkyl halides is 3. The molecule has 156 valence electrons. The van der Waals surface area contributed by atoms with Crippen LogP contribution in [0.25, 0.3) is 0 Å². The van der Waals surface area contributed by atoms with Gasteiger partial charge in [-0.25, -0.2) is 0 Å². The average Bonchev–Trinajstić information content (AvgIpc) is 2.66. The van der Waals surface area contributed by atoms with Gasteiger partial charge < -0.3 is 9.88 Å². The van der Waals surface area contributed by atoms with Crippen LogP contribution in [0.5, 0.6) is 0 Å². The van der Waals surface area contributed by atoms with Crippen molar-refractivity contribution in [1.29, 1.82) is 0 Å². The minimum atomic E-state index is -4.49. The van der Waals surface area contributed by atoms with Crippen molar-refractivity contribution < 1.29 is 18.0 Å². The quantitative estimate of drug-likeness (QED) is 0.494. The third-order valence-electron chi connectivity index (χ3n) is 4.12. The molecule has 0 bridgehead atoms. The first-order valence-electron chi connectivity index (χ1n) is 8.37. The van der Waals surface area contributed by atoms with E-state index >= 15 is 0 Å². The van der Waals surface area contributed by atoms with E-state index in [1.807, 2.05) is 0 Å². The Bertz CT molecular complexity index is 1160. The number of hydrogen-bond donors (Lipinski definition) is 1. The number of amides is 1. The molecule has 0 spiro atoms. The molecule has 4 nitrogen and oxygen atoms in total. The molecule has 1 aromatic heterocycles. The van der Waals surface area contributed by atoms with Gasteiger partial charge in [0, 0.05) is 21.9 Å². The number of carbonyl (C=O) groups excluding carboxylic acids is 1. The largest absolute Gasteiger partial charge is 0.416 e. The SMILES string of the molecule is O=C(Nc1ccc(C(F)(F)F)cc1)c1cc(Cl)cn(Cc2ccc(Cl)cc2Cl)c1=O. The monoisotopic (exact) mass is 474 g/mol. The lowest BCUT2D eigenvalue weighted by atomic mass is 10.2. The van der Waals surface area contributed by atoms with Gasteiger partial charge >= 0.3 is 6.18 Å². The number of benzene rings is 2. The number of halogens is 6. The smallest absolute Gasteiger partial charge is 0.322 e. The number of nitrogens with one attached hydrogen (secondary N) is 1. The zero-order valence-electron chi connectivity index (χ0n) is 14.9. The molecule has 2 aromatic carbocycles. The molecule has 0 aliphatic heterocycles. The number of carbonyl (C=O) groups is 1. The zero-order valence-corrected chi connectivity index (χ0v) is 17.2. The van der Waals surface area contributed by atoms with Crippen molar-refractivity contribution in [2.75, 3.05) is 5.32 Å². The summed E-state index contributed by atoms with van der Waals surface area (Å²) >= 11 is 18.1. The minimum absolute atomic E-state index is 0.0377. The molecule has 0 saturated heterocycles. The molecule has 30 heavy (non-hydrogen) atoms. The summed E-state index contributed by atoms with van der Waals surface area (Å²) in [4.78, 5) is 25.3. The maximum absolute atomic E-state index is 12.7. The van der Waals surface area contributed by atoms with E-state index < -0.39 is 23.2 Å². The van der Waals surface area contributed by atoms with Gasteiger partial charge in [-0.1, -0.05) is 40.9 Å². The van der Waals surface area contributed by atoms with Crippen LogP contribution in [-0.2, 0) is 12.7 Å². The van der Waals surface area contributed by atoms with E-state index in [4.69, 9.17) is 34.8 Å². The van der Waals surface area contributed by atoms with E-state index in [9.17, 15) is 22.8 Å². The van der Waals surface area contributed by atoms with Crippen molar-refractivity contribution in [3.63, 3.8) is 0 Å². The highest BCUT2D eigenvalue weighted by Gasteiger charge is 2.30. The fourth-order valence-electron chi connectivity index (χ4n) is 2.65. The van der Waals surface area contributed by atoms with Gasteiger partial charge in [0.2, 0.25) is 0 Å². The molecule has 0 aliphatic carbocycles. The minimum Gasteiger partial charge on any atom is -0.322 e. The van der Waals surface area contributed by atoms with Crippen LogP contribution < -0.4 is 10.9 Å². The van der Waals surface area contributed by atoms with Crippen LogP contribution >= 0.6 is 34.8 Å². The van der Waals surface area contributed by atoms with Crippen molar-refractivity contribution in [2.45, 2.75) is 12.7 Å². The molecule has 1 amide bonds. The number of aromatic nitrogens is 1. The summed E-state index contributed by atoms with van der Waals surface area (Å²) in [5.74, 6) is -0.807. The van der Waals surface area contributed by atoms with Gasteiger partial charge in [-0.2, -0.15) is 13.2 Å². The molecule has 3 rings (SSSR count). The number of pyridine rings is 1. The predicted octanol–water partition coefficient (Wildman–Crippen LogP) is 6.13. The molecule has 3 aromatic rings. The van der Waals surface area contributed by atoms with Gasteiger partial charge in [0.25, 0.3) is 11.5 Å². The van der Waals surface area contributed by atoms with Gasteiger partial charge in [0.1, 0.15) is 5.56 Å². The average molecular weight is 476 g/mol. The summed E-state index contributed by atoms with van der Waals surface area (Å²) in [6.07, 6.45) is -3.14. The second-order valence-corrected chi connectivity index (χ2v) is 7.55. The molecule has 1 heterocycles. The van der Waals surface area contributed by atoms with Gasteiger partial charge in [0.05, 0.1) is 17.1 Å². The normalized spacial score (nSPS) is 11.4. The molecule has 0 radical (unpaired) electrons. The van der Waals surface area contributed by atoms with Crippen LogP contribution in [0.3, 0.4) is 0 Å². The van der Waals surface area contributed by atoms with Crippen molar-refractivity contribution in [3.8, 4) is 0 Å². The lowest BCUT2D eigenvalue weighted by molar-refractivity contribution is -0.137.